The van der Waals surface area contributed by atoms with Crippen molar-refractivity contribution in [1.29, 1.82) is 0 Å². The van der Waals surface area contributed by atoms with Gasteiger partial charge in [0.1, 0.15) is 5.76 Å². The summed E-state index contributed by atoms with van der Waals surface area (Å²) in [4.78, 5) is 14.0. The molecular weight excluding hydrogens is 298 g/mol. The highest BCUT2D eigenvalue weighted by Crippen LogP contribution is 2.32. The van der Waals surface area contributed by atoms with Crippen LogP contribution in [0.3, 0.4) is 0 Å². The predicted octanol–water partition coefficient (Wildman–Crippen LogP) is 2.17. The molecule has 0 spiro atoms. The highest BCUT2D eigenvalue weighted by molar-refractivity contribution is 5.89. The molecule has 0 unspecified atom stereocenters. The van der Waals surface area contributed by atoms with Gasteiger partial charge in [-0.1, -0.05) is 11.2 Å². The molecule has 0 fully saturated rings. The third-order valence-electron chi connectivity index (χ3n) is 3.51. The van der Waals surface area contributed by atoms with E-state index in [1.165, 1.54) is 0 Å². The van der Waals surface area contributed by atoms with Crippen LogP contribution in [0, 0.1) is 6.92 Å². The summed E-state index contributed by atoms with van der Waals surface area (Å²) >= 11 is 0. The predicted molar refractivity (Wildman–Crippen MR) is 83.4 cm³/mol. The van der Waals surface area contributed by atoms with Crippen LogP contribution >= 0.6 is 0 Å². The minimum absolute atomic E-state index is 0.0872. The third-order valence-corrected chi connectivity index (χ3v) is 3.51. The molecule has 7 nitrogen and oxygen atoms in total. The van der Waals surface area contributed by atoms with E-state index < -0.39 is 0 Å². The van der Waals surface area contributed by atoms with Gasteiger partial charge in [0.05, 0.1) is 0 Å². The normalized spacial score (nSPS) is 12.7. The van der Waals surface area contributed by atoms with Gasteiger partial charge in [0.2, 0.25) is 12.7 Å². The summed E-state index contributed by atoms with van der Waals surface area (Å²) in [6.45, 7) is 3.42. The molecule has 0 aliphatic carbocycles. The zero-order valence-electron chi connectivity index (χ0n) is 13.2. The van der Waals surface area contributed by atoms with Gasteiger partial charge in [-0.15, -0.1) is 0 Å². The SMILES string of the molecule is Cc1cc(NC(=O)CCN(C)Cc2ccc3c(c2)OCO3)no1. The van der Waals surface area contributed by atoms with Crippen molar-refractivity contribution in [3.05, 3.63) is 35.6 Å². The standard InChI is InChI=1S/C16H19N3O4/c1-11-7-15(18-23-11)17-16(20)5-6-19(2)9-12-3-4-13-14(8-12)22-10-21-13/h3-4,7-8H,5-6,9-10H2,1-2H3,(H,17,18,20). The zero-order chi connectivity index (χ0) is 16.2. The van der Waals surface area contributed by atoms with Crippen LogP contribution in [-0.2, 0) is 11.3 Å². The Hall–Kier alpha value is -2.54. The first-order valence-electron chi connectivity index (χ1n) is 7.40. The number of anilines is 1. The first-order chi connectivity index (χ1) is 11.1. The fraction of sp³-hybridized carbons (Fsp3) is 0.375. The van der Waals surface area contributed by atoms with Crippen molar-refractivity contribution in [3.63, 3.8) is 0 Å². The number of hydrogen-bond acceptors (Lipinski definition) is 6. The van der Waals surface area contributed by atoms with E-state index in [2.05, 4.69) is 15.4 Å². The second-order valence-corrected chi connectivity index (χ2v) is 5.55. The number of rotatable bonds is 6. The summed E-state index contributed by atoms with van der Waals surface area (Å²) in [7, 11) is 1.97. The van der Waals surface area contributed by atoms with E-state index in [0.717, 1.165) is 23.6 Å². The largest absolute Gasteiger partial charge is 0.454 e. The highest BCUT2D eigenvalue weighted by Gasteiger charge is 2.14. The van der Waals surface area contributed by atoms with E-state index in [4.69, 9.17) is 14.0 Å². The molecule has 0 atom stereocenters. The number of nitrogens with one attached hydrogen (secondary N) is 1. The Bertz CT molecular complexity index is 698. The van der Waals surface area contributed by atoms with Gasteiger partial charge in [0.25, 0.3) is 0 Å². The molecule has 0 saturated heterocycles. The summed E-state index contributed by atoms with van der Waals surface area (Å²) in [6.07, 6.45) is 0.382. The Morgan fingerprint density at radius 3 is 2.91 bits per heavy atom. The number of hydrogen-bond donors (Lipinski definition) is 1. The second-order valence-electron chi connectivity index (χ2n) is 5.55. The average molecular weight is 317 g/mol. The number of nitrogens with zero attached hydrogens (tertiary/aromatic N) is 2. The summed E-state index contributed by atoms with van der Waals surface area (Å²) < 4.78 is 15.6. The van der Waals surface area contributed by atoms with Gasteiger partial charge in [-0.2, -0.15) is 0 Å². The number of amides is 1. The summed E-state index contributed by atoms with van der Waals surface area (Å²) in [5.41, 5.74) is 1.12. The minimum atomic E-state index is -0.0872. The van der Waals surface area contributed by atoms with E-state index in [0.29, 0.717) is 24.5 Å². The van der Waals surface area contributed by atoms with Crippen molar-refractivity contribution in [3.8, 4) is 11.5 Å². The minimum Gasteiger partial charge on any atom is -0.454 e. The number of benzene rings is 1. The van der Waals surface area contributed by atoms with Gasteiger partial charge in [-0.3, -0.25) is 4.79 Å². The lowest BCUT2D eigenvalue weighted by Gasteiger charge is -2.16. The van der Waals surface area contributed by atoms with Crippen LogP contribution in [0.2, 0.25) is 0 Å². The van der Waals surface area contributed by atoms with Crippen LogP contribution in [0.15, 0.2) is 28.8 Å². The molecular formula is C16H19N3O4. The molecule has 122 valence electrons. The Morgan fingerprint density at radius 2 is 2.13 bits per heavy atom. The average Bonchev–Trinajstić information content (AvgIpc) is 3.13. The molecule has 3 rings (SSSR count). The number of aromatic nitrogens is 1. The monoisotopic (exact) mass is 317 g/mol. The molecule has 0 saturated carbocycles. The van der Waals surface area contributed by atoms with Gasteiger partial charge >= 0.3 is 0 Å². The fourth-order valence-electron chi connectivity index (χ4n) is 2.35. The first-order valence-corrected chi connectivity index (χ1v) is 7.40. The molecule has 0 bridgehead atoms. The number of fused-ring (bicyclic) bond motifs is 1. The van der Waals surface area contributed by atoms with Crippen molar-refractivity contribution in [2.45, 2.75) is 19.9 Å². The molecule has 1 aliphatic rings. The Labute approximate surface area is 134 Å². The van der Waals surface area contributed by atoms with E-state index in [9.17, 15) is 4.79 Å². The number of carbonyl (C=O) groups is 1. The Balaban J connectivity index is 1.45. The molecule has 1 amide bonds. The lowest BCUT2D eigenvalue weighted by molar-refractivity contribution is -0.116. The van der Waals surface area contributed by atoms with Gasteiger partial charge in [-0.25, -0.2) is 0 Å². The van der Waals surface area contributed by atoms with Crippen LogP contribution in [-0.4, -0.2) is 36.3 Å². The molecule has 0 radical (unpaired) electrons. The quantitative estimate of drug-likeness (QED) is 0.880. The van der Waals surface area contributed by atoms with E-state index in [-0.39, 0.29) is 12.7 Å². The molecule has 7 heteroatoms. The molecule has 23 heavy (non-hydrogen) atoms. The van der Waals surface area contributed by atoms with Crippen LogP contribution in [0.4, 0.5) is 5.82 Å². The zero-order valence-corrected chi connectivity index (χ0v) is 13.2. The van der Waals surface area contributed by atoms with Crippen molar-refractivity contribution in [2.75, 3.05) is 25.7 Å². The highest BCUT2D eigenvalue weighted by atomic mass is 16.7. The summed E-state index contributed by atoms with van der Waals surface area (Å²) in [6, 6.07) is 7.57. The van der Waals surface area contributed by atoms with Gasteiger partial charge < -0.3 is 24.2 Å². The van der Waals surface area contributed by atoms with Gasteiger partial charge in [-0.05, 0) is 31.7 Å². The maximum atomic E-state index is 11.9. The topological polar surface area (TPSA) is 76.8 Å². The summed E-state index contributed by atoms with van der Waals surface area (Å²) in [5.74, 6) is 2.58. The fourth-order valence-corrected chi connectivity index (χ4v) is 2.35. The molecule has 2 heterocycles. The van der Waals surface area contributed by atoms with Crippen molar-refractivity contribution in [1.82, 2.24) is 10.1 Å². The molecule has 1 aliphatic heterocycles. The van der Waals surface area contributed by atoms with Gasteiger partial charge in [0, 0.05) is 25.6 Å². The summed E-state index contributed by atoms with van der Waals surface area (Å²) in [5, 5.41) is 6.45. The first kappa shape index (κ1) is 15.4. The number of carbonyl (C=O) groups excluding carboxylic acids is 1. The van der Waals surface area contributed by atoms with Crippen LogP contribution in [0.25, 0.3) is 0 Å². The van der Waals surface area contributed by atoms with Gasteiger partial charge in [0.15, 0.2) is 17.3 Å². The second kappa shape index (κ2) is 6.70. The third kappa shape index (κ3) is 4.01. The smallest absolute Gasteiger partial charge is 0.231 e. The van der Waals surface area contributed by atoms with E-state index in [1.54, 1.807) is 13.0 Å². The molecule has 2 aromatic rings. The maximum Gasteiger partial charge on any atom is 0.231 e. The molecule has 1 aromatic heterocycles. The Kier molecular flexibility index (Phi) is 4.47. The van der Waals surface area contributed by atoms with E-state index >= 15 is 0 Å². The van der Waals surface area contributed by atoms with Crippen LogP contribution in [0.1, 0.15) is 17.7 Å². The maximum absolute atomic E-state index is 11.9. The van der Waals surface area contributed by atoms with Crippen LogP contribution < -0.4 is 14.8 Å². The number of ether oxygens (including phenoxy) is 2. The number of aryl methyl sites for hydroxylation is 1. The lowest BCUT2D eigenvalue weighted by Crippen LogP contribution is -2.24. The van der Waals surface area contributed by atoms with E-state index in [1.807, 2.05) is 25.2 Å². The molecule has 1 aromatic carbocycles. The lowest BCUT2D eigenvalue weighted by atomic mass is 10.2. The van der Waals surface area contributed by atoms with Crippen LogP contribution in [0.5, 0.6) is 11.5 Å². The van der Waals surface area contributed by atoms with Crippen molar-refractivity contribution < 1.29 is 18.8 Å². The van der Waals surface area contributed by atoms with Crippen molar-refractivity contribution >= 4 is 11.7 Å². The van der Waals surface area contributed by atoms with Crippen molar-refractivity contribution in [2.24, 2.45) is 0 Å². The Morgan fingerprint density at radius 1 is 1.30 bits per heavy atom. The molecule has 1 N–H and O–H groups in total.